The van der Waals surface area contributed by atoms with Crippen molar-refractivity contribution < 1.29 is 9.59 Å². The first-order valence-electron chi connectivity index (χ1n) is 8.83. The van der Waals surface area contributed by atoms with Crippen LogP contribution in [-0.2, 0) is 16.0 Å². The van der Waals surface area contributed by atoms with Crippen LogP contribution in [0, 0.1) is 5.92 Å². The van der Waals surface area contributed by atoms with Gasteiger partial charge in [-0.25, -0.2) is 0 Å². The van der Waals surface area contributed by atoms with E-state index in [0.29, 0.717) is 12.3 Å². The first-order valence-corrected chi connectivity index (χ1v) is 9.71. The number of carbonyl (C=O) groups excluding carboxylic acids is 2. The van der Waals surface area contributed by atoms with Crippen LogP contribution < -0.4 is 5.32 Å². The largest absolute Gasteiger partial charge is 0.353 e. The van der Waals surface area contributed by atoms with Crippen LogP contribution >= 0.6 is 11.3 Å². The second kappa shape index (κ2) is 7.95. The van der Waals surface area contributed by atoms with Gasteiger partial charge in [-0.2, -0.15) is 0 Å². The van der Waals surface area contributed by atoms with Crippen LogP contribution in [0.1, 0.15) is 49.8 Å². The van der Waals surface area contributed by atoms with Crippen LogP contribution in [-0.4, -0.2) is 35.8 Å². The zero-order valence-electron chi connectivity index (χ0n) is 13.6. The van der Waals surface area contributed by atoms with Gasteiger partial charge in [0, 0.05) is 36.3 Å². The van der Waals surface area contributed by atoms with Gasteiger partial charge in [-0.1, -0.05) is 18.9 Å². The third-order valence-corrected chi connectivity index (χ3v) is 5.99. The molecule has 5 heteroatoms. The Labute approximate surface area is 142 Å². The van der Waals surface area contributed by atoms with Gasteiger partial charge in [0.15, 0.2) is 0 Å². The molecule has 2 fully saturated rings. The second-order valence-electron chi connectivity index (χ2n) is 6.73. The number of carbonyl (C=O) groups is 2. The molecule has 2 heterocycles. The second-order valence-corrected chi connectivity index (χ2v) is 7.76. The molecule has 0 aromatic carbocycles. The molecule has 2 aliphatic rings. The van der Waals surface area contributed by atoms with E-state index in [0.717, 1.165) is 45.2 Å². The fraction of sp³-hybridized carbons (Fsp3) is 0.667. The highest BCUT2D eigenvalue weighted by Gasteiger charge is 2.30. The molecule has 0 atom stereocenters. The van der Waals surface area contributed by atoms with E-state index in [1.54, 1.807) is 11.3 Å². The summed E-state index contributed by atoms with van der Waals surface area (Å²) >= 11 is 1.70. The highest BCUT2D eigenvalue weighted by atomic mass is 32.1. The Hall–Kier alpha value is -1.36. The topological polar surface area (TPSA) is 49.4 Å². The van der Waals surface area contributed by atoms with E-state index in [-0.39, 0.29) is 17.9 Å². The van der Waals surface area contributed by atoms with E-state index < -0.39 is 0 Å². The lowest BCUT2D eigenvalue weighted by Gasteiger charge is -2.34. The van der Waals surface area contributed by atoms with Crippen molar-refractivity contribution in [1.82, 2.24) is 10.2 Å². The summed E-state index contributed by atoms with van der Waals surface area (Å²) in [6.45, 7) is 1.59. The molecule has 1 N–H and O–H groups in total. The number of thiophene rings is 1. The van der Waals surface area contributed by atoms with Gasteiger partial charge >= 0.3 is 0 Å². The molecule has 1 saturated heterocycles. The average Bonchev–Trinajstić information content (AvgIpc) is 3.26. The molecule has 4 nitrogen and oxygen atoms in total. The van der Waals surface area contributed by atoms with E-state index in [2.05, 4.69) is 11.4 Å². The predicted molar refractivity (Wildman–Crippen MR) is 92.3 cm³/mol. The van der Waals surface area contributed by atoms with Crippen molar-refractivity contribution in [2.24, 2.45) is 5.92 Å². The minimum atomic E-state index is 0.138. The Kier molecular flexibility index (Phi) is 5.70. The molecule has 0 unspecified atom stereocenters. The van der Waals surface area contributed by atoms with Crippen molar-refractivity contribution in [3.8, 4) is 0 Å². The van der Waals surface area contributed by atoms with Crippen molar-refractivity contribution in [2.75, 3.05) is 13.1 Å². The summed E-state index contributed by atoms with van der Waals surface area (Å²) in [5, 5.41) is 5.18. The average molecular weight is 334 g/mol. The van der Waals surface area contributed by atoms with E-state index >= 15 is 0 Å². The molecule has 1 aromatic heterocycles. The summed E-state index contributed by atoms with van der Waals surface area (Å²) in [7, 11) is 0. The molecule has 1 saturated carbocycles. The molecule has 126 valence electrons. The van der Waals surface area contributed by atoms with Crippen molar-refractivity contribution in [3.63, 3.8) is 0 Å². The standard InChI is InChI=1S/C18H26N2O2S/c21-17(8-7-16-6-3-13-23-16)19-15-9-11-20(12-10-15)18(22)14-4-1-2-5-14/h3,6,13-15H,1-2,4-5,7-12H2,(H,19,21). The number of piperidine rings is 1. The van der Waals surface area contributed by atoms with Crippen molar-refractivity contribution in [3.05, 3.63) is 22.4 Å². The zero-order chi connectivity index (χ0) is 16.1. The Morgan fingerprint density at radius 1 is 1.17 bits per heavy atom. The number of nitrogens with one attached hydrogen (secondary N) is 1. The van der Waals surface area contributed by atoms with Gasteiger partial charge in [-0.15, -0.1) is 11.3 Å². The SMILES string of the molecule is O=C(CCc1cccs1)NC1CCN(C(=O)C2CCCC2)CC1. The van der Waals surface area contributed by atoms with Gasteiger partial charge in [0.2, 0.25) is 11.8 Å². The lowest BCUT2D eigenvalue weighted by molar-refractivity contribution is -0.136. The normalized spacial score (nSPS) is 19.9. The highest BCUT2D eigenvalue weighted by Crippen LogP contribution is 2.27. The Bertz CT molecular complexity index is 515. The van der Waals surface area contributed by atoms with Crippen LogP contribution in [0.25, 0.3) is 0 Å². The molecule has 23 heavy (non-hydrogen) atoms. The van der Waals surface area contributed by atoms with Crippen LogP contribution in [0.3, 0.4) is 0 Å². The summed E-state index contributed by atoms with van der Waals surface area (Å²) in [6, 6.07) is 4.33. The lowest BCUT2D eigenvalue weighted by atomic mass is 10.0. The van der Waals surface area contributed by atoms with Gasteiger partial charge in [-0.05, 0) is 43.6 Å². The number of hydrogen-bond donors (Lipinski definition) is 1. The number of rotatable bonds is 5. The van der Waals surface area contributed by atoms with E-state index in [1.807, 2.05) is 16.3 Å². The lowest BCUT2D eigenvalue weighted by Crippen LogP contribution is -2.47. The van der Waals surface area contributed by atoms with E-state index in [9.17, 15) is 9.59 Å². The summed E-state index contributed by atoms with van der Waals surface area (Å²) < 4.78 is 0. The number of hydrogen-bond acceptors (Lipinski definition) is 3. The smallest absolute Gasteiger partial charge is 0.225 e. The van der Waals surface area contributed by atoms with Crippen molar-refractivity contribution >= 4 is 23.2 Å². The van der Waals surface area contributed by atoms with Crippen molar-refractivity contribution in [1.29, 1.82) is 0 Å². The van der Waals surface area contributed by atoms with Crippen LogP contribution in [0.2, 0.25) is 0 Å². The fourth-order valence-corrected chi connectivity index (χ4v) is 4.38. The molecule has 3 rings (SSSR count). The molecular weight excluding hydrogens is 308 g/mol. The predicted octanol–water partition coefficient (Wildman–Crippen LogP) is 2.98. The number of amides is 2. The van der Waals surface area contributed by atoms with Crippen molar-refractivity contribution in [2.45, 2.75) is 57.4 Å². The minimum absolute atomic E-state index is 0.138. The molecular formula is C18H26N2O2S. The first kappa shape index (κ1) is 16.5. The number of nitrogens with zero attached hydrogens (tertiary/aromatic N) is 1. The maximum atomic E-state index is 12.4. The molecule has 1 aliphatic heterocycles. The summed E-state index contributed by atoms with van der Waals surface area (Å²) in [6.07, 6.45) is 7.70. The van der Waals surface area contributed by atoms with Crippen LogP contribution in [0.15, 0.2) is 17.5 Å². The summed E-state index contributed by atoms with van der Waals surface area (Å²) in [4.78, 5) is 27.7. The van der Waals surface area contributed by atoms with Crippen LogP contribution in [0.4, 0.5) is 0 Å². The Balaban J connectivity index is 1.37. The van der Waals surface area contributed by atoms with E-state index in [1.165, 1.54) is 17.7 Å². The minimum Gasteiger partial charge on any atom is -0.353 e. The van der Waals surface area contributed by atoms with Gasteiger partial charge < -0.3 is 10.2 Å². The number of aryl methyl sites for hydroxylation is 1. The maximum absolute atomic E-state index is 12.4. The van der Waals surface area contributed by atoms with Gasteiger partial charge in [0.1, 0.15) is 0 Å². The van der Waals surface area contributed by atoms with Gasteiger partial charge in [0.05, 0.1) is 0 Å². The molecule has 1 aromatic rings. The highest BCUT2D eigenvalue weighted by molar-refractivity contribution is 7.09. The maximum Gasteiger partial charge on any atom is 0.225 e. The molecule has 1 aliphatic carbocycles. The van der Waals surface area contributed by atoms with Crippen LogP contribution in [0.5, 0.6) is 0 Å². The molecule has 0 spiro atoms. The van der Waals surface area contributed by atoms with E-state index in [4.69, 9.17) is 0 Å². The zero-order valence-corrected chi connectivity index (χ0v) is 14.4. The monoisotopic (exact) mass is 334 g/mol. The molecule has 0 bridgehead atoms. The van der Waals surface area contributed by atoms with Gasteiger partial charge in [-0.3, -0.25) is 9.59 Å². The quantitative estimate of drug-likeness (QED) is 0.900. The molecule has 2 amide bonds. The third-order valence-electron chi connectivity index (χ3n) is 5.05. The molecule has 0 radical (unpaired) electrons. The summed E-state index contributed by atoms with van der Waals surface area (Å²) in [5.41, 5.74) is 0. The fourth-order valence-electron chi connectivity index (χ4n) is 3.67. The summed E-state index contributed by atoms with van der Waals surface area (Å²) in [5.74, 6) is 0.760. The third kappa shape index (κ3) is 4.56. The Morgan fingerprint density at radius 2 is 1.91 bits per heavy atom. The Morgan fingerprint density at radius 3 is 2.57 bits per heavy atom. The van der Waals surface area contributed by atoms with Gasteiger partial charge in [0.25, 0.3) is 0 Å². The number of likely N-dealkylation sites (tertiary alicyclic amines) is 1. The first-order chi connectivity index (χ1) is 11.2.